The van der Waals surface area contributed by atoms with Crippen LogP contribution in [0.1, 0.15) is 13.8 Å². The van der Waals surface area contributed by atoms with Crippen molar-refractivity contribution >= 4 is 23.4 Å². The summed E-state index contributed by atoms with van der Waals surface area (Å²) < 4.78 is 0. The minimum Gasteiger partial charge on any atom is -0.295 e. The van der Waals surface area contributed by atoms with Gasteiger partial charge in [0.25, 0.3) is 0 Å². The molecule has 0 saturated carbocycles. The molecule has 1 atom stereocenters. The molecular weight excluding hydrogens is 154 g/mol. The van der Waals surface area contributed by atoms with Crippen LogP contribution in [0.25, 0.3) is 0 Å². The first-order valence-electron chi connectivity index (χ1n) is 2.95. The number of halogens is 1. The van der Waals surface area contributed by atoms with E-state index in [9.17, 15) is 9.59 Å². The molecule has 0 aromatic carbocycles. The average molecular weight is 162 g/mol. The molecular formula is C6H8ClNO2. The topological polar surface area (TPSA) is 46.2 Å². The van der Waals surface area contributed by atoms with Crippen LogP contribution in [0.2, 0.25) is 0 Å². The SMILES string of the molecule is CC1(C)C(=O)NC(=O)C1Cl. The van der Waals surface area contributed by atoms with Crippen LogP contribution in [-0.2, 0) is 9.59 Å². The van der Waals surface area contributed by atoms with E-state index in [4.69, 9.17) is 11.6 Å². The second-order valence-corrected chi connectivity index (χ2v) is 3.34. The molecule has 1 heterocycles. The first kappa shape index (κ1) is 7.54. The van der Waals surface area contributed by atoms with E-state index in [0.717, 1.165) is 0 Å². The van der Waals surface area contributed by atoms with Gasteiger partial charge < -0.3 is 0 Å². The molecule has 0 aromatic heterocycles. The van der Waals surface area contributed by atoms with Crippen molar-refractivity contribution in [2.24, 2.45) is 5.41 Å². The second-order valence-electron chi connectivity index (χ2n) is 2.90. The third-order valence-electron chi connectivity index (χ3n) is 1.69. The molecule has 1 N–H and O–H groups in total. The molecule has 2 amide bonds. The Balaban J connectivity index is 2.96. The number of imide groups is 1. The maximum atomic E-state index is 10.9. The van der Waals surface area contributed by atoms with Crippen molar-refractivity contribution in [2.45, 2.75) is 19.2 Å². The summed E-state index contributed by atoms with van der Waals surface area (Å²) in [6.07, 6.45) is 0. The summed E-state index contributed by atoms with van der Waals surface area (Å²) in [5.41, 5.74) is -0.751. The molecule has 10 heavy (non-hydrogen) atoms. The van der Waals surface area contributed by atoms with Gasteiger partial charge in [0, 0.05) is 0 Å². The molecule has 56 valence electrons. The molecule has 1 aliphatic rings. The summed E-state index contributed by atoms with van der Waals surface area (Å²) in [4.78, 5) is 21.6. The first-order chi connectivity index (χ1) is 4.46. The summed E-state index contributed by atoms with van der Waals surface area (Å²) >= 11 is 5.62. The largest absolute Gasteiger partial charge is 0.295 e. The third-order valence-corrected chi connectivity index (χ3v) is 2.43. The molecule has 4 heteroatoms. The van der Waals surface area contributed by atoms with Crippen molar-refractivity contribution in [1.82, 2.24) is 5.32 Å². The van der Waals surface area contributed by atoms with Crippen LogP contribution in [0.3, 0.4) is 0 Å². The predicted molar refractivity (Wildman–Crippen MR) is 36.6 cm³/mol. The zero-order chi connectivity index (χ0) is 7.94. The van der Waals surface area contributed by atoms with Crippen LogP contribution in [0.4, 0.5) is 0 Å². The lowest BCUT2D eigenvalue weighted by atomic mass is 9.91. The van der Waals surface area contributed by atoms with Gasteiger partial charge in [-0.2, -0.15) is 0 Å². The highest BCUT2D eigenvalue weighted by atomic mass is 35.5. The van der Waals surface area contributed by atoms with Crippen LogP contribution in [0.15, 0.2) is 0 Å². The summed E-state index contributed by atoms with van der Waals surface area (Å²) in [6.45, 7) is 3.29. The highest BCUT2D eigenvalue weighted by Crippen LogP contribution is 2.30. The number of alkyl halides is 1. The number of carbonyl (C=O) groups is 2. The molecule has 0 aromatic rings. The molecule has 1 aliphatic heterocycles. The first-order valence-corrected chi connectivity index (χ1v) is 3.39. The molecule has 0 bridgehead atoms. The van der Waals surface area contributed by atoms with Crippen LogP contribution in [0, 0.1) is 5.41 Å². The van der Waals surface area contributed by atoms with E-state index in [0.29, 0.717) is 0 Å². The van der Waals surface area contributed by atoms with Crippen molar-refractivity contribution in [1.29, 1.82) is 0 Å². The van der Waals surface area contributed by atoms with Gasteiger partial charge >= 0.3 is 0 Å². The zero-order valence-corrected chi connectivity index (χ0v) is 6.53. The minimum absolute atomic E-state index is 0.294. The van der Waals surface area contributed by atoms with Gasteiger partial charge in [-0.15, -0.1) is 11.6 Å². The molecule has 1 unspecified atom stereocenters. The summed E-state index contributed by atoms with van der Waals surface area (Å²) in [5.74, 6) is -0.686. The van der Waals surface area contributed by atoms with Crippen molar-refractivity contribution < 1.29 is 9.59 Å². The lowest BCUT2D eigenvalue weighted by Gasteiger charge is -2.14. The van der Waals surface area contributed by atoms with Gasteiger partial charge in [0.05, 0.1) is 5.41 Å². The Bertz CT molecular complexity index is 200. The Kier molecular flexibility index (Phi) is 1.47. The highest BCUT2D eigenvalue weighted by molar-refractivity contribution is 6.36. The van der Waals surface area contributed by atoms with Crippen LogP contribution < -0.4 is 5.32 Å². The van der Waals surface area contributed by atoms with Gasteiger partial charge in [0.2, 0.25) is 11.8 Å². The Morgan fingerprint density at radius 1 is 1.50 bits per heavy atom. The quantitative estimate of drug-likeness (QED) is 0.410. The maximum absolute atomic E-state index is 10.9. The molecule has 1 fully saturated rings. The van der Waals surface area contributed by atoms with Gasteiger partial charge in [0.1, 0.15) is 5.38 Å². The lowest BCUT2D eigenvalue weighted by molar-refractivity contribution is -0.127. The molecule has 0 aliphatic carbocycles. The monoisotopic (exact) mass is 161 g/mol. The third kappa shape index (κ3) is 0.814. The zero-order valence-electron chi connectivity index (χ0n) is 5.77. The van der Waals surface area contributed by atoms with Crippen molar-refractivity contribution in [3.8, 4) is 0 Å². The van der Waals surface area contributed by atoms with E-state index in [2.05, 4.69) is 5.32 Å². The average Bonchev–Trinajstić information content (AvgIpc) is 1.97. The van der Waals surface area contributed by atoms with Crippen molar-refractivity contribution in [2.75, 3.05) is 0 Å². The summed E-state index contributed by atoms with van der Waals surface area (Å²) in [7, 11) is 0. The molecule has 1 saturated heterocycles. The fourth-order valence-electron chi connectivity index (χ4n) is 0.779. The van der Waals surface area contributed by atoms with Gasteiger partial charge in [-0.3, -0.25) is 14.9 Å². The highest BCUT2D eigenvalue weighted by Gasteiger charge is 2.47. The number of carbonyl (C=O) groups excluding carboxylic acids is 2. The van der Waals surface area contributed by atoms with Gasteiger partial charge in [-0.1, -0.05) is 0 Å². The standard InChI is InChI=1S/C6H8ClNO2/c1-6(2)3(7)4(9)8-5(6)10/h3H,1-2H3,(H,8,9,10). The Morgan fingerprint density at radius 3 is 2.10 bits per heavy atom. The maximum Gasteiger partial charge on any atom is 0.245 e. The van der Waals surface area contributed by atoms with E-state index in [1.165, 1.54) is 0 Å². The number of rotatable bonds is 0. The lowest BCUT2D eigenvalue weighted by Crippen LogP contribution is -2.28. The molecule has 1 rings (SSSR count). The van der Waals surface area contributed by atoms with Crippen LogP contribution in [0.5, 0.6) is 0 Å². The van der Waals surface area contributed by atoms with Crippen molar-refractivity contribution in [3.05, 3.63) is 0 Å². The van der Waals surface area contributed by atoms with Crippen molar-refractivity contribution in [3.63, 3.8) is 0 Å². The van der Waals surface area contributed by atoms with Crippen LogP contribution >= 0.6 is 11.6 Å². The fraction of sp³-hybridized carbons (Fsp3) is 0.667. The Morgan fingerprint density at radius 2 is 2.00 bits per heavy atom. The molecule has 0 radical (unpaired) electrons. The van der Waals surface area contributed by atoms with Gasteiger partial charge in [-0.05, 0) is 13.8 Å². The normalized spacial score (nSPS) is 30.5. The number of amides is 2. The van der Waals surface area contributed by atoms with Crippen LogP contribution in [-0.4, -0.2) is 17.2 Å². The number of hydrogen-bond acceptors (Lipinski definition) is 2. The number of hydrogen-bond donors (Lipinski definition) is 1. The van der Waals surface area contributed by atoms with E-state index in [1.807, 2.05) is 0 Å². The fourth-order valence-corrected chi connectivity index (χ4v) is 0.933. The molecule has 0 spiro atoms. The van der Waals surface area contributed by atoms with E-state index in [-0.39, 0.29) is 5.91 Å². The summed E-state index contributed by atoms with van der Waals surface area (Å²) in [6, 6.07) is 0. The van der Waals surface area contributed by atoms with E-state index < -0.39 is 16.7 Å². The van der Waals surface area contributed by atoms with E-state index >= 15 is 0 Å². The minimum atomic E-state index is -0.751. The summed E-state index contributed by atoms with van der Waals surface area (Å²) in [5, 5.41) is 1.42. The Labute approximate surface area is 63.7 Å². The smallest absolute Gasteiger partial charge is 0.245 e. The number of nitrogens with one attached hydrogen (secondary N) is 1. The molecule has 3 nitrogen and oxygen atoms in total. The van der Waals surface area contributed by atoms with E-state index in [1.54, 1.807) is 13.8 Å². The second kappa shape index (κ2) is 1.95. The Hall–Kier alpha value is -0.570. The van der Waals surface area contributed by atoms with Gasteiger partial charge in [-0.25, -0.2) is 0 Å². The van der Waals surface area contributed by atoms with Gasteiger partial charge in [0.15, 0.2) is 0 Å². The predicted octanol–water partition coefficient (Wildman–Crippen LogP) is 0.276.